The van der Waals surface area contributed by atoms with Crippen LogP contribution in [0.25, 0.3) is 0 Å². The van der Waals surface area contributed by atoms with Crippen molar-refractivity contribution < 1.29 is 19.1 Å². The predicted octanol–water partition coefficient (Wildman–Crippen LogP) is 0.498. The zero-order valence-electron chi connectivity index (χ0n) is 8.44. The molecule has 0 saturated heterocycles. The average molecular weight is 199 g/mol. The maximum Gasteiger partial charge on any atom is 0.323 e. The Bertz CT molecular complexity index is 256. The molecular formula is C9H13NO4. The van der Waals surface area contributed by atoms with Crippen LogP contribution in [-0.4, -0.2) is 26.2 Å². The summed E-state index contributed by atoms with van der Waals surface area (Å²) in [4.78, 5) is 21.9. The highest BCUT2D eigenvalue weighted by atomic mass is 16.5. The fourth-order valence-electron chi connectivity index (χ4n) is 1.00. The van der Waals surface area contributed by atoms with Gasteiger partial charge in [-0.3, -0.25) is 9.59 Å². The number of esters is 2. The molecule has 78 valence electrons. The molecule has 0 saturated carbocycles. The fourth-order valence-corrected chi connectivity index (χ4v) is 1.00. The third kappa shape index (κ3) is 3.44. The van der Waals surface area contributed by atoms with E-state index in [-0.39, 0.29) is 6.42 Å². The number of rotatable bonds is 4. The highest BCUT2D eigenvalue weighted by Gasteiger charge is 2.27. The number of carbonyl (C=O) groups is 2. The molecule has 5 heteroatoms. The smallest absolute Gasteiger partial charge is 0.323 e. The van der Waals surface area contributed by atoms with Gasteiger partial charge >= 0.3 is 11.9 Å². The molecule has 0 N–H and O–H groups in total. The first kappa shape index (κ1) is 12.4. The van der Waals surface area contributed by atoms with Gasteiger partial charge in [0.1, 0.15) is 5.92 Å². The van der Waals surface area contributed by atoms with Gasteiger partial charge < -0.3 is 9.47 Å². The highest BCUT2D eigenvalue weighted by Crippen LogP contribution is 2.16. The molecule has 0 spiro atoms. The Morgan fingerprint density at radius 3 is 2.29 bits per heavy atom. The lowest BCUT2D eigenvalue weighted by atomic mass is 9.92. The largest absolute Gasteiger partial charge is 0.469 e. The maximum absolute atomic E-state index is 11.1. The molecule has 0 aromatic carbocycles. The number of nitrogens with zero attached hydrogens (tertiary/aromatic N) is 1. The van der Waals surface area contributed by atoms with Crippen molar-refractivity contribution in [3.63, 3.8) is 0 Å². The standard InChI is InChI=1S/C9H13NO4/c1-6(4-8(11)13-2)7(5-10)9(12)14-3/h6-7H,4H2,1-3H3/t6-,7?/m1/s1. The summed E-state index contributed by atoms with van der Waals surface area (Å²) in [5, 5.41) is 8.68. The van der Waals surface area contributed by atoms with Gasteiger partial charge in [-0.15, -0.1) is 0 Å². The van der Waals surface area contributed by atoms with Crippen molar-refractivity contribution in [3.8, 4) is 6.07 Å². The van der Waals surface area contributed by atoms with E-state index in [9.17, 15) is 9.59 Å². The first-order valence-corrected chi connectivity index (χ1v) is 4.11. The number of hydrogen-bond acceptors (Lipinski definition) is 5. The van der Waals surface area contributed by atoms with Gasteiger partial charge in [-0.1, -0.05) is 6.92 Å². The lowest BCUT2D eigenvalue weighted by molar-refractivity contribution is -0.146. The van der Waals surface area contributed by atoms with Crippen molar-refractivity contribution in [1.29, 1.82) is 5.26 Å². The summed E-state index contributed by atoms with van der Waals surface area (Å²) >= 11 is 0. The van der Waals surface area contributed by atoms with Gasteiger partial charge in [-0.2, -0.15) is 5.26 Å². The van der Waals surface area contributed by atoms with E-state index in [2.05, 4.69) is 9.47 Å². The van der Waals surface area contributed by atoms with Crippen LogP contribution in [-0.2, 0) is 19.1 Å². The van der Waals surface area contributed by atoms with Crippen molar-refractivity contribution >= 4 is 11.9 Å². The summed E-state index contributed by atoms with van der Waals surface area (Å²) in [5.41, 5.74) is 0. The van der Waals surface area contributed by atoms with Gasteiger partial charge in [-0.05, 0) is 5.92 Å². The van der Waals surface area contributed by atoms with Crippen molar-refractivity contribution in [1.82, 2.24) is 0 Å². The molecule has 1 unspecified atom stereocenters. The maximum atomic E-state index is 11.1. The first-order valence-electron chi connectivity index (χ1n) is 4.11. The second kappa shape index (κ2) is 5.97. The molecule has 0 amide bonds. The SMILES string of the molecule is COC(=O)C[C@@H](C)C(C#N)C(=O)OC. The molecule has 0 aromatic rings. The van der Waals surface area contributed by atoms with E-state index < -0.39 is 23.8 Å². The van der Waals surface area contributed by atoms with E-state index in [1.165, 1.54) is 14.2 Å². The minimum absolute atomic E-state index is 0.0316. The Labute approximate surface area is 82.6 Å². The fraction of sp³-hybridized carbons (Fsp3) is 0.667. The monoisotopic (exact) mass is 199 g/mol. The molecule has 0 fully saturated rings. The molecule has 2 atom stereocenters. The van der Waals surface area contributed by atoms with Crippen LogP contribution in [0, 0.1) is 23.2 Å². The average Bonchev–Trinajstić information content (AvgIpc) is 2.18. The lowest BCUT2D eigenvalue weighted by Crippen LogP contribution is -2.24. The van der Waals surface area contributed by atoms with E-state index in [1.807, 2.05) is 0 Å². The topological polar surface area (TPSA) is 76.4 Å². The predicted molar refractivity (Wildman–Crippen MR) is 46.9 cm³/mol. The summed E-state index contributed by atoms with van der Waals surface area (Å²) in [6, 6.07) is 1.80. The minimum Gasteiger partial charge on any atom is -0.469 e. The molecule has 0 heterocycles. The number of nitriles is 1. The molecule has 0 aliphatic heterocycles. The summed E-state index contributed by atoms with van der Waals surface area (Å²) in [6.45, 7) is 1.63. The second-order valence-electron chi connectivity index (χ2n) is 2.89. The minimum atomic E-state index is -0.918. The van der Waals surface area contributed by atoms with E-state index >= 15 is 0 Å². The Balaban J connectivity index is 4.33. The van der Waals surface area contributed by atoms with Crippen LogP contribution < -0.4 is 0 Å². The van der Waals surface area contributed by atoms with E-state index in [0.717, 1.165) is 0 Å². The zero-order valence-corrected chi connectivity index (χ0v) is 8.44. The molecule has 5 nitrogen and oxygen atoms in total. The number of methoxy groups -OCH3 is 2. The summed E-state index contributed by atoms with van der Waals surface area (Å²) < 4.78 is 8.85. The third-order valence-corrected chi connectivity index (χ3v) is 1.88. The molecule has 0 bridgehead atoms. The molecular weight excluding hydrogens is 186 g/mol. The second-order valence-corrected chi connectivity index (χ2v) is 2.89. The number of hydrogen-bond donors (Lipinski definition) is 0. The molecule has 0 aliphatic rings. The Morgan fingerprint density at radius 2 is 1.93 bits per heavy atom. The van der Waals surface area contributed by atoms with Crippen molar-refractivity contribution in [2.75, 3.05) is 14.2 Å². The lowest BCUT2D eigenvalue weighted by Gasteiger charge is -2.13. The summed E-state index contributed by atoms with van der Waals surface area (Å²) in [5.74, 6) is -2.38. The van der Waals surface area contributed by atoms with Gasteiger partial charge in [0, 0.05) is 6.42 Å². The quantitative estimate of drug-likeness (QED) is 0.616. The van der Waals surface area contributed by atoms with Crippen LogP contribution in [0.3, 0.4) is 0 Å². The molecule has 0 aromatic heterocycles. The van der Waals surface area contributed by atoms with E-state index in [0.29, 0.717) is 0 Å². The Hall–Kier alpha value is -1.57. The number of ether oxygens (including phenoxy) is 2. The van der Waals surface area contributed by atoms with Crippen molar-refractivity contribution in [2.45, 2.75) is 13.3 Å². The Kier molecular flexibility index (Phi) is 5.30. The summed E-state index contributed by atoms with van der Waals surface area (Å²) in [6.07, 6.45) is 0.0316. The van der Waals surface area contributed by atoms with Crippen LogP contribution in [0.1, 0.15) is 13.3 Å². The normalized spacial score (nSPS) is 13.6. The van der Waals surface area contributed by atoms with E-state index in [1.54, 1.807) is 13.0 Å². The first-order chi connectivity index (χ1) is 6.56. The van der Waals surface area contributed by atoms with Gasteiger partial charge in [0.25, 0.3) is 0 Å². The van der Waals surface area contributed by atoms with Gasteiger partial charge in [0.15, 0.2) is 0 Å². The highest BCUT2D eigenvalue weighted by molar-refractivity contribution is 5.77. The molecule has 0 aliphatic carbocycles. The van der Waals surface area contributed by atoms with Crippen LogP contribution in [0.5, 0.6) is 0 Å². The van der Waals surface area contributed by atoms with Crippen molar-refractivity contribution in [2.24, 2.45) is 11.8 Å². The van der Waals surface area contributed by atoms with Crippen molar-refractivity contribution in [3.05, 3.63) is 0 Å². The molecule has 0 rings (SSSR count). The van der Waals surface area contributed by atoms with Crippen LogP contribution in [0.2, 0.25) is 0 Å². The van der Waals surface area contributed by atoms with Crippen LogP contribution >= 0.6 is 0 Å². The number of carbonyl (C=O) groups excluding carboxylic acids is 2. The third-order valence-electron chi connectivity index (χ3n) is 1.88. The van der Waals surface area contributed by atoms with Crippen LogP contribution in [0.15, 0.2) is 0 Å². The van der Waals surface area contributed by atoms with Gasteiger partial charge in [0.2, 0.25) is 0 Å². The Morgan fingerprint density at radius 1 is 1.36 bits per heavy atom. The molecule has 14 heavy (non-hydrogen) atoms. The van der Waals surface area contributed by atoms with Crippen LogP contribution in [0.4, 0.5) is 0 Å². The van der Waals surface area contributed by atoms with Gasteiger partial charge in [0.05, 0.1) is 20.3 Å². The zero-order chi connectivity index (χ0) is 11.1. The van der Waals surface area contributed by atoms with Gasteiger partial charge in [-0.25, -0.2) is 0 Å². The summed E-state index contributed by atoms with van der Waals surface area (Å²) in [7, 11) is 2.46. The molecule has 0 radical (unpaired) electrons. The van der Waals surface area contributed by atoms with E-state index in [4.69, 9.17) is 5.26 Å².